The third-order valence-corrected chi connectivity index (χ3v) is 7.80. The zero-order chi connectivity index (χ0) is 23.5. The van der Waals surface area contributed by atoms with Gasteiger partial charge in [-0.05, 0) is 54.6 Å². The highest BCUT2D eigenvalue weighted by Crippen LogP contribution is 2.26. The number of hydrogen-bond donors (Lipinski definition) is 2. The minimum Gasteiger partial charge on any atom is -0.396 e. The maximum atomic E-state index is 11.9. The Morgan fingerprint density at radius 3 is 2.30 bits per heavy atom. The summed E-state index contributed by atoms with van der Waals surface area (Å²) in [5.74, 6) is 0.166. The second-order valence-corrected chi connectivity index (χ2v) is 11.0. The number of unbranched alkanes of at least 4 members (excludes halogenated alkanes) is 2. The molecule has 2 aromatic rings. The average molecular weight is 494 g/mol. The van der Waals surface area contributed by atoms with E-state index in [0.29, 0.717) is 19.4 Å². The zero-order valence-electron chi connectivity index (χ0n) is 19.3. The lowest BCUT2D eigenvalue weighted by molar-refractivity contribution is 0.126. The fraction of sp³-hybridized carbons (Fsp3) is 0.520. The van der Waals surface area contributed by atoms with E-state index >= 15 is 0 Å². The Kier molecular flexibility index (Phi) is 10.6. The van der Waals surface area contributed by atoms with Crippen molar-refractivity contribution in [1.29, 1.82) is 0 Å². The van der Waals surface area contributed by atoms with Gasteiger partial charge in [0.15, 0.2) is 0 Å². The number of benzene rings is 2. The fourth-order valence-electron chi connectivity index (χ4n) is 4.16. The maximum Gasteiger partial charge on any atom is 0.211 e. The first-order valence-corrected chi connectivity index (χ1v) is 13.9. The molecular weight excluding hydrogens is 458 g/mol. The molecule has 3 rings (SSSR count). The van der Waals surface area contributed by atoms with Crippen molar-refractivity contribution in [2.75, 3.05) is 51.6 Å². The van der Waals surface area contributed by atoms with E-state index in [4.69, 9.17) is 16.7 Å². The van der Waals surface area contributed by atoms with Gasteiger partial charge in [0.05, 0.1) is 5.75 Å². The topological polar surface area (TPSA) is 72.9 Å². The quantitative estimate of drug-likeness (QED) is 0.417. The number of hydrogen-bond acceptors (Lipinski definition) is 5. The zero-order valence-corrected chi connectivity index (χ0v) is 20.8. The molecule has 6 nitrogen and oxygen atoms in total. The Bertz CT molecular complexity index is 946. The van der Waals surface area contributed by atoms with Crippen LogP contribution in [0.4, 0.5) is 0 Å². The van der Waals surface area contributed by atoms with Gasteiger partial charge in [-0.25, -0.2) is 13.1 Å². The monoisotopic (exact) mass is 493 g/mol. The molecule has 1 aliphatic rings. The molecule has 0 aliphatic carbocycles. The lowest BCUT2D eigenvalue weighted by Gasteiger charge is -2.35. The molecule has 2 N–H and O–H groups in total. The van der Waals surface area contributed by atoms with E-state index in [0.717, 1.165) is 57.1 Å². The molecule has 0 amide bonds. The molecule has 1 saturated heterocycles. The van der Waals surface area contributed by atoms with Crippen LogP contribution in [-0.2, 0) is 16.6 Å². The van der Waals surface area contributed by atoms with Crippen LogP contribution in [0.5, 0.6) is 0 Å². The molecule has 33 heavy (non-hydrogen) atoms. The van der Waals surface area contributed by atoms with Gasteiger partial charge in [-0.15, -0.1) is 0 Å². The summed E-state index contributed by atoms with van der Waals surface area (Å²) < 4.78 is 26.3. The number of nitrogens with one attached hydrogen (secondary N) is 1. The second-order valence-electron chi connectivity index (χ2n) is 8.63. The molecule has 0 radical (unpaired) electrons. The van der Waals surface area contributed by atoms with Gasteiger partial charge in [-0.3, -0.25) is 4.90 Å². The largest absolute Gasteiger partial charge is 0.396 e. The summed E-state index contributed by atoms with van der Waals surface area (Å²) in [6.45, 7) is 6.45. The van der Waals surface area contributed by atoms with Crippen molar-refractivity contribution in [3.8, 4) is 11.1 Å². The molecule has 182 valence electrons. The van der Waals surface area contributed by atoms with Crippen LogP contribution in [0, 0.1) is 0 Å². The van der Waals surface area contributed by atoms with Gasteiger partial charge >= 0.3 is 0 Å². The highest BCUT2D eigenvalue weighted by atomic mass is 35.5. The summed E-state index contributed by atoms with van der Waals surface area (Å²) in [4.78, 5) is 4.99. The van der Waals surface area contributed by atoms with Gasteiger partial charge in [-0.1, -0.05) is 54.4 Å². The Labute approximate surface area is 203 Å². The summed E-state index contributed by atoms with van der Waals surface area (Å²) in [6.07, 6.45) is 3.06. The SMILES string of the molecule is O=S(=O)(CCCCCN1CCN(Cc2ccccc2-c2ccc(Cl)cc2)CC1)NCCCO. The molecular formula is C25H36ClN3O3S. The number of halogens is 1. The van der Waals surface area contributed by atoms with Crippen molar-refractivity contribution < 1.29 is 13.5 Å². The van der Waals surface area contributed by atoms with Crippen LogP contribution >= 0.6 is 11.6 Å². The van der Waals surface area contributed by atoms with E-state index in [1.807, 2.05) is 12.1 Å². The van der Waals surface area contributed by atoms with Gasteiger partial charge in [0.2, 0.25) is 10.0 Å². The van der Waals surface area contributed by atoms with Gasteiger partial charge in [0, 0.05) is 50.9 Å². The van der Waals surface area contributed by atoms with E-state index < -0.39 is 10.0 Å². The maximum absolute atomic E-state index is 11.9. The van der Waals surface area contributed by atoms with Crippen LogP contribution in [0.15, 0.2) is 48.5 Å². The average Bonchev–Trinajstić information content (AvgIpc) is 2.81. The van der Waals surface area contributed by atoms with Crippen LogP contribution in [0.25, 0.3) is 11.1 Å². The molecule has 0 aromatic heterocycles. The number of sulfonamides is 1. The predicted molar refractivity (Wildman–Crippen MR) is 136 cm³/mol. The highest BCUT2D eigenvalue weighted by molar-refractivity contribution is 7.89. The second kappa shape index (κ2) is 13.4. The molecule has 0 bridgehead atoms. The van der Waals surface area contributed by atoms with Gasteiger partial charge < -0.3 is 10.0 Å². The van der Waals surface area contributed by atoms with Crippen molar-refractivity contribution in [1.82, 2.24) is 14.5 Å². The van der Waals surface area contributed by atoms with Crippen LogP contribution in [0.2, 0.25) is 5.02 Å². The number of rotatable bonds is 13. The van der Waals surface area contributed by atoms with Gasteiger partial charge in [0.1, 0.15) is 0 Å². The Hall–Kier alpha value is -1.48. The van der Waals surface area contributed by atoms with Crippen LogP contribution in [-0.4, -0.2) is 75.0 Å². The molecule has 1 heterocycles. The van der Waals surface area contributed by atoms with Crippen LogP contribution in [0.1, 0.15) is 31.2 Å². The number of aliphatic hydroxyl groups excluding tert-OH is 1. The van der Waals surface area contributed by atoms with Crippen molar-refractivity contribution >= 4 is 21.6 Å². The minimum absolute atomic E-state index is 0.00461. The number of nitrogens with zero attached hydrogens (tertiary/aromatic N) is 2. The van der Waals surface area contributed by atoms with Crippen molar-refractivity contribution in [2.45, 2.75) is 32.2 Å². The smallest absolute Gasteiger partial charge is 0.211 e. The molecule has 0 saturated carbocycles. The van der Waals surface area contributed by atoms with E-state index in [-0.39, 0.29) is 12.4 Å². The molecule has 1 fully saturated rings. The van der Waals surface area contributed by atoms with E-state index in [1.165, 1.54) is 16.7 Å². The highest BCUT2D eigenvalue weighted by Gasteiger charge is 2.18. The van der Waals surface area contributed by atoms with Gasteiger partial charge in [0.25, 0.3) is 0 Å². The molecule has 0 atom stereocenters. The normalized spacial score (nSPS) is 15.7. The summed E-state index contributed by atoms with van der Waals surface area (Å²) in [6, 6.07) is 16.6. The number of piperazine rings is 1. The molecule has 2 aromatic carbocycles. The first kappa shape index (κ1) is 26.1. The Morgan fingerprint density at radius 2 is 1.58 bits per heavy atom. The first-order chi connectivity index (χ1) is 16.0. The minimum atomic E-state index is -3.21. The number of aliphatic hydroxyl groups is 1. The van der Waals surface area contributed by atoms with Crippen molar-refractivity contribution in [2.24, 2.45) is 0 Å². The summed E-state index contributed by atoms with van der Waals surface area (Å²) in [7, 11) is -3.21. The Morgan fingerprint density at radius 1 is 0.879 bits per heavy atom. The van der Waals surface area contributed by atoms with Crippen molar-refractivity contribution in [3.63, 3.8) is 0 Å². The lowest BCUT2D eigenvalue weighted by atomic mass is 9.99. The van der Waals surface area contributed by atoms with Crippen molar-refractivity contribution in [3.05, 3.63) is 59.1 Å². The third kappa shape index (κ3) is 9.00. The molecule has 0 spiro atoms. The first-order valence-electron chi connectivity index (χ1n) is 11.8. The summed E-state index contributed by atoms with van der Waals surface area (Å²) in [5.41, 5.74) is 3.79. The van der Waals surface area contributed by atoms with E-state index in [2.05, 4.69) is 50.9 Å². The van der Waals surface area contributed by atoms with Gasteiger partial charge in [-0.2, -0.15) is 0 Å². The predicted octanol–water partition coefficient (Wildman–Crippen LogP) is 3.60. The molecule has 1 aliphatic heterocycles. The molecule has 8 heteroatoms. The summed E-state index contributed by atoms with van der Waals surface area (Å²) >= 11 is 6.06. The van der Waals surface area contributed by atoms with E-state index in [1.54, 1.807) is 0 Å². The lowest BCUT2D eigenvalue weighted by Crippen LogP contribution is -2.46. The van der Waals surface area contributed by atoms with Crippen LogP contribution < -0.4 is 4.72 Å². The molecule has 0 unspecified atom stereocenters. The van der Waals surface area contributed by atoms with Crippen LogP contribution in [0.3, 0.4) is 0 Å². The fourth-order valence-corrected chi connectivity index (χ4v) is 5.47. The van der Waals surface area contributed by atoms with E-state index in [9.17, 15) is 8.42 Å². The standard InChI is InChI=1S/C25H36ClN3O3S/c26-24-11-9-22(10-12-24)25-8-3-2-7-23(25)21-29-17-15-28(16-18-29)14-4-1-5-20-33(31,32)27-13-6-19-30/h2-3,7-12,27,30H,1,4-6,13-21H2. The Balaban J connectivity index is 1.37. The summed E-state index contributed by atoms with van der Waals surface area (Å²) in [5, 5.41) is 9.50. The third-order valence-electron chi connectivity index (χ3n) is 6.08.